The maximum Gasteiger partial charge on any atom is 0.230 e. The number of hydrogen-bond donors (Lipinski definition) is 1. The van der Waals surface area contributed by atoms with Gasteiger partial charge in [0.2, 0.25) is 5.91 Å². The van der Waals surface area contributed by atoms with Gasteiger partial charge in [0, 0.05) is 19.1 Å². The van der Waals surface area contributed by atoms with Gasteiger partial charge in [0.15, 0.2) is 0 Å². The summed E-state index contributed by atoms with van der Waals surface area (Å²) in [6, 6.07) is 0.431. The molecule has 1 aliphatic carbocycles. The molecular weight excluding hydrogens is 176 g/mol. The molecule has 1 atom stereocenters. The number of likely N-dealkylation sites (tertiary alicyclic amines) is 1. The minimum atomic E-state index is -0.147. The van der Waals surface area contributed by atoms with E-state index in [1.807, 2.05) is 0 Å². The Balaban J connectivity index is 2.03. The van der Waals surface area contributed by atoms with Gasteiger partial charge in [0.05, 0.1) is 5.41 Å². The van der Waals surface area contributed by atoms with Crippen LogP contribution in [0.1, 0.15) is 39.0 Å². The van der Waals surface area contributed by atoms with Crippen molar-refractivity contribution in [3.8, 4) is 0 Å². The van der Waals surface area contributed by atoms with Gasteiger partial charge in [-0.15, -0.1) is 0 Å². The van der Waals surface area contributed by atoms with Crippen LogP contribution in [0.15, 0.2) is 0 Å². The predicted octanol–water partition coefficient (Wildman–Crippen LogP) is 1.13. The zero-order chi connectivity index (χ0) is 10.2. The van der Waals surface area contributed by atoms with Crippen molar-refractivity contribution >= 4 is 5.91 Å². The molecule has 1 heterocycles. The average Bonchev–Trinajstić information content (AvgIpc) is 2.98. The van der Waals surface area contributed by atoms with E-state index >= 15 is 0 Å². The molecule has 0 radical (unpaired) electrons. The lowest BCUT2D eigenvalue weighted by molar-refractivity contribution is -0.140. The second kappa shape index (κ2) is 3.54. The molecule has 1 amide bonds. The first-order valence-electron chi connectivity index (χ1n) is 5.71. The van der Waals surface area contributed by atoms with Crippen molar-refractivity contribution in [2.45, 2.75) is 45.1 Å². The van der Waals surface area contributed by atoms with E-state index in [1.165, 1.54) is 6.42 Å². The highest BCUT2D eigenvalue weighted by Gasteiger charge is 2.51. The molecule has 1 saturated carbocycles. The Bertz CT molecular complexity index is 235. The molecule has 14 heavy (non-hydrogen) atoms. The first-order valence-corrected chi connectivity index (χ1v) is 5.71. The van der Waals surface area contributed by atoms with Gasteiger partial charge in [-0.05, 0) is 39.0 Å². The molecule has 2 aliphatic rings. The summed E-state index contributed by atoms with van der Waals surface area (Å²) in [5.41, 5.74) is 5.53. The molecular formula is C11H20N2O. The van der Waals surface area contributed by atoms with Gasteiger partial charge in [-0.1, -0.05) is 0 Å². The molecule has 2 rings (SSSR count). The zero-order valence-electron chi connectivity index (χ0n) is 8.96. The molecule has 1 aliphatic heterocycles. The summed E-state index contributed by atoms with van der Waals surface area (Å²) in [5, 5.41) is 0. The van der Waals surface area contributed by atoms with E-state index in [0.717, 1.165) is 32.2 Å². The van der Waals surface area contributed by atoms with Gasteiger partial charge in [-0.3, -0.25) is 4.79 Å². The number of nitrogens with two attached hydrogens (primary N) is 1. The second-order valence-corrected chi connectivity index (χ2v) is 4.83. The van der Waals surface area contributed by atoms with E-state index in [2.05, 4.69) is 11.8 Å². The van der Waals surface area contributed by atoms with Crippen LogP contribution < -0.4 is 5.73 Å². The number of piperidine rings is 1. The van der Waals surface area contributed by atoms with Crippen LogP contribution in [0.2, 0.25) is 0 Å². The van der Waals surface area contributed by atoms with Crippen molar-refractivity contribution in [2.75, 3.05) is 13.1 Å². The largest absolute Gasteiger partial charge is 0.339 e. The molecule has 3 nitrogen and oxygen atoms in total. The summed E-state index contributed by atoms with van der Waals surface area (Å²) in [7, 11) is 0. The highest BCUT2D eigenvalue weighted by molar-refractivity contribution is 5.86. The fourth-order valence-corrected chi connectivity index (χ4v) is 2.36. The second-order valence-electron chi connectivity index (χ2n) is 4.83. The molecule has 0 spiro atoms. The van der Waals surface area contributed by atoms with Crippen molar-refractivity contribution in [1.29, 1.82) is 0 Å². The van der Waals surface area contributed by atoms with Gasteiger partial charge in [0.1, 0.15) is 0 Å². The van der Waals surface area contributed by atoms with Crippen molar-refractivity contribution in [3.63, 3.8) is 0 Å². The van der Waals surface area contributed by atoms with E-state index in [1.54, 1.807) is 0 Å². The first-order chi connectivity index (χ1) is 6.69. The van der Waals surface area contributed by atoms with Crippen LogP contribution >= 0.6 is 0 Å². The minimum Gasteiger partial charge on any atom is -0.339 e. The summed E-state index contributed by atoms with van der Waals surface area (Å²) in [4.78, 5) is 14.2. The fourth-order valence-electron chi connectivity index (χ4n) is 2.36. The smallest absolute Gasteiger partial charge is 0.230 e. The first kappa shape index (κ1) is 9.97. The fraction of sp³-hybridized carbons (Fsp3) is 0.909. The van der Waals surface area contributed by atoms with Gasteiger partial charge < -0.3 is 10.6 Å². The van der Waals surface area contributed by atoms with E-state index < -0.39 is 0 Å². The Hall–Kier alpha value is -0.570. The number of amides is 1. The summed E-state index contributed by atoms with van der Waals surface area (Å²) in [5.74, 6) is 0.326. The molecule has 0 aromatic heterocycles. The summed E-state index contributed by atoms with van der Waals surface area (Å²) >= 11 is 0. The summed E-state index contributed by atoms with van der Waals surface area (Å²) in [6.07, 6.45) is 5.60. The number of carbonyl (C=O) groups is 1. The van der Waals surface area contributed by atoms with Crippen LogP contribution in [0, 0.1) is 5.41 Å². The summed E-state index contributed by atoms with van der Waals surface area (Å²) < 4.78 is 0. The normalized spacial score (nSPS) is 30.1. The van der Waals surface area contributed by atoms with E-state index in [0.29, 0.717) is 18.5 Å². The molecule has 1 saturated heterocycles. The number of rotatable bonds is 2. The minimum absolute atomic E-state index is 0.147. The van der Waals surface area contributed by atoms with Crippen molar-refractivity contribution in [1.82, 2.24) is 4.90 Å². The van der Waals surface area contributed by atoms with Crippen LogP contribution in [0.5, 0.6) is 0 Å². The SMILES string of the molecule is CC1CCCCN1C(=O)C1(CN)CC1. The Morgan fingerprint density at radius 2 is 2.21 bits per heavy atom. The monoisotopic (exact) mass is 196 g/mol. The van der Waals surface area contributed by atoms with Crippen molar-refractivity contribution in [3.05, 3.63) is 0 Å². The van der Waals surface area contributed by atoms with Crippen LogP contribution in [-0.2, 0) is 4.79 Å². The Labute approximate surface area is 85.6 Å². The molecule has 80 valence electrons. The van der Waals surface area contributed by atoms with Gasteiger partial charge in [-0.2, -0.15) is 0 Å². The van der Waals surface area contributed by atoms with Crippen LogP contribution in [0.3, 0.4) is 0 Å². The molecule has 3 heteroatoms. The van der Waals surface area contributed by atoms with Crippen molar-refractivity contribution < 1.29 is 4.79 Å². The topological polar surface area (TPSA) is 46.3 Å². The molecule has 0 aromatic carbocycles. The molecule has 2 fully saturated rings. The lowest BCUT2D eigenvalue weighted by Crippen LogP contribution is -2.47. The molecule has 0 aromatic rings. The van der Waals surface area contributed by atoms with Crippen LogP contribution in [-0.4, -0.2) is 29.9 Å². The maximum atomic E-state index is 12.2. The van der Waals surface area contributed by atoms with Crippen LogP contribution in [0.4, 0.5) is 0 Å². The van der Waals surface area contributed by atoms with Gasteiger partial charge in [-0.25, -0.2) is 0 Å². The predicted molar refractivity (Wildman–Crippen MR) is 55.7 cm³/mol. The van der Waals surface area contributed by atoms with E-state index in [9.17, 15) is 4.79 Å². The number of carbonyl (C=O) groups excluding carboxylic acids is 1. The lowest BCUT2D eigenvalue weighted by Gasteiger charge is -2.35. The Morgan fingerprint density at radius 3 is 2.71 bits per heavy atom. The zero-order valence-corrected chi connectivity index (χ0v) is 8.96. The van der Waals surface area contributed by atoms with Gasteiger partial charge in [0.25, 0.3) is 0 Å². The summed E-state index contributed by atoms with van der Waals surface area (Å²) in [6.45, 7) is 3.64. The third-order valence-electron chi connectivity index (χ3n) is 3.76. The highest BCUT2D eigenvalue weighted by Crippen LogP contribution is 2.46. The lowest BCUT2D eigenvalue weighted by atomic mass is 9.99. The number of hydrogen-bond acceptors (Lipinski definition) is 2. The van der Waals surface area contributed by atoms with Crippen LogP contribution in [0.25, 0.3) is 0 Å². The standard InChI is InChI=1S/C11H20N2O/c1-9-4-2-3-7-13(9)10(14)11(8-12)5-6-11/h9H,2-8,12H2,1H3. The number of nitrogens with zero attached hydrogens (tertiary/aromatic N) is 1. The van der Waals surface area contributed by atoms with E-state index in [4.69, 9.17) is 5.73 Å². The highest BCUT2D eigenvalue weighted by atomic mass is 16.2. The molecule has 0 bridgehead atoms. The quantitative estimate of drug-likeness (QED) is 0.719. The van der Waals surface area contributed by atoms with Gasteiger partial charge >= 0.3 is 0 Å². The van der Waals surface area contributed by atoms with E-state index in [-0.39, 0.29) is 5.41 Å². The Kier molecular flexibility index (Phi) is 2.52. The molecule has 2 N–H and O–H groups in total. The molecule has 1 unspecified atom stereocenters. The maximum absolute atomic E-state index is 12.2. The Morgan fingerprint density at radius 1 is 1.50 bits per heavy atom. The third kappa shape index (κ3) is 1.54. The third-order valence-corrected chi connectivity index (χ3v) is 3.76. The average molecular weight is 196 g/mol. The van der Waals surface area contributed by atoms with Crippen molar-refractivity contribution in [2.24, 2.45) is 11.1 Å².